The average molecular weight is 805 g/mol. The van der Waals surface area contributed by atoms with Gasteiger partial charge in [-0.25, -0.2) is 24.8 Å². The molecule has 3 heterocycles. The van der Waals surface area contributed by atoms with Gasteiger partial charge in [0.2, 0.25) is 0 Å². The van der Waals surface area contributed by atoms with Crippen LogP contribution in [0.25, 0.3) is 111 Å². The van der Waals surface area contributed by atoms with Gasteiger partial charge in [0.1, 0.15) is 0 Å². The number of rotatable bonds is 8. The third-order valence-electron chi connectivity index (χ3n) is 11.5. The molecule has 0 spiro atoms. The summed E-state index contributed by atoms with van der Waals surface area (Å²) < 4.78 is 2.34. The van der Waals surface area contributed by atoms with Crippen LogP contribution in [0.2, 0.25) is 0 Å². The number of hydrogen-bond donors (Lipinski definition) is 0. The maximum Gasteiger partial charge on any atom is 0.187 e. The summed E-state index contributed by atoms with van der Waals surface area (Å²) in [6, 6.07) is 74.6. The van der Waals surface area contributed by atoms with Gasteiger partial charge in [0, 0.05) is 44.2 Å². The van der Waals surface area contributed by atoms with E-state index in [0.29, 0.717) is 17.3 Å². The third-order valence-corrected chi connectivity index (χ3v) is 11.5. The zero-order valence-corrected chi connectivity index (χ0v) is 34.0. The first-order valence-electron chi connectivity index (χ1n) is 20.8. The van der Waals surface area contributed by atoms with Gasteiger partial charge in [-0.1, -0.05) is 182 Å². The molecule has 8 aromatic carbocycles. The molecule has 0 radical (unpaired) electrons. The Morgan fingerprint density at radius 3 is 1.37 bits per heavy atom. The summed E-state index contributed by atoms with van der Waals surface area (Å²) in [7, 11) is 0. The van der Waals surface area contributed by atoms with Gasteiger partial charge >= 0.3 is 0 Å². The van der Waals surface area contributed by atoms with Crippen LogP contribution in [0.15, 0.2) is 218 Å². The Hall–Kier alpha value is -8.79. The molecule has 0 aliphatic heterocycles. The van der Waals surface area contributed by atoms with Crippen molar-refractivity contribution in [3.8, 4) is 84.6 Å². The monoisotopic (exact) mass is 804 g/mol. The summed E-state index contributed by atoms with van der Waals surface area (Å²) in [5, 5.41) is 2.26. The highest BCUT2D eigenvalue weighted by Gasteiger charge is 2.21. The Labute approximate surface area is 365 Å². The minimum Gasteiger partial charge on any atom is -0.308 e. The van der Waals surface area contributed by atoms with Gasteiger partial charge in [0.25, 0.3) is 0 Å². The molecule has 0 saturated heterocycles. The van der Waals surface area contributed by atoms with Crippen LogP contribution in [-0.4, -0.2) is 24.5 Å². The summed E-state index contributed by atoms with van der Waals surface area (Å²) in [6.45, 7) is 7.50. The van der Waals surface area contributed by atoms with Crippen molar-refractivity contribution >= 4 is 27.5 Å². The van der Waals surface area contributed by atoms with Crippen molar-refractivity contribution < 1.29 is 0 Å². The molecular formula is C57H36N6. The lowest BCUT2D eigenvalue weighted by molar-refractivity contribution is 1.13. The van der Waals surface area contributed by atoms with Gasteiger partial charge in [0.15, 0.2) is 17.3 Å². The van der Waals surface area contributed by atoms with Crippen molar-refractivity contribution in [2.45, 2.75) is 0 Å². The van der Waals surface area contributed by atoms with E-state index in [9.17, 15) is 0 Å². The lowest BCUT2D eigenvalue weighted by atomic mass is 10.0. The number of fused-ring (bicyclic) bond motifs is 3. The molecular weight excluding hydrogens is 769 g/mol. The largest absolute Gasteiger partial charge is 0.308 e. The van der Waals surface area contributed by atoms with Gasteiger partial charge in [-0.3, -0.25) is 0 Å². The van der Waals surface area contributed by atoms with Gasteiger partial charge in [0.05, 0.1) is 46.1 Å². The molecule has 0 unspecified atom stereocenters. The SMILES string of the molecule is [C-]#[N+]c1ccc(-c2ccc3c4ccccc4n(-c4ccc(-c5cc(-c6ccccc6)nc(-c6ccccc6)n5)cc4-c4nc(-c5ccccc5)cc(-c5ccccc5)n4)c3c2)cc1. The minimum absolute atomic E-state index is 0.587. The van der Waals surface area contributed by atoms with Gasteiger partial charge in [-0.2, -0.15) is 0 Å². The van der Waals surface area contributed by atoms with Crippen LogP contribution in [0.1, 0.15) is 0 Å². The smallest absolute Gasteiger partial charge is 0.187 e. The van der Waals surface area contributed by atoms with Crippen LogP contribution in [0.5, 0.6) is 0 Å². The Kier molecular flexibility index (Phi) is 9.45. The topological polar surface area (TPSA) is 60.9 Å². The van der Waals surface area contributed by atoms with Crippen molar-refractivity contribution in [3.63, 3.8) is 0 Å². The molecule has 0 saturated carbocycles. The van der Waals surface area contributed by atoms with Crippen LogP contribution < -0.4 is 0 Å². The lowest BCUT2D eigenvalue weighted by Crippen LogP contribution is -2.03. The zero-order valence-electron chi connectivity index (χ0n) is 34.0. The third kappa shape index (κ3) is 7.10. The molecule has 0 N–H and O–H groups in total. The van der Waals surface area contributed by atoms with Crippen LogP contribution in [0.3, 0.4) is 0 Å². The number of aromatic nitrogens is 5. The molecule has 63 heavy (non-hydrogen) atoms. The van der Waals surface area contributed by atoms with E-state index >= 15 is 0 Å². The second kappa shape index (κ2) is 16.0. The Morgan fingerprint density at radius 2 is 0.794 bits per heavy atom. The molecule has 0 fully saturated rings. The molecule has 0 amide bonds. The maximum absolute atomic E-state index is 7.50. The second-order valence-electron chi connectivity index (χ2n) is 15.4. The molecule has 6 nitrogen and oxygen atoms in total. The van der Waals surface area contributed by atoms with Crippen LogP contribution in [0.4, 0.5) is 5.69 Å². The molecule has 11 aromatic rings. The quantitative estimate of drug-likeness (QED) is 0.144. The zero-order chi connectivity index (χ0) is 42.1. The van der Waals surface area contributed by atoms with E-state index in [-0.39, 0.29) is 0 Å². The highest BCUT2D eigenvalue weighted by Crippen LogP contribution is 2.40. The molecule has 6 heteroatoms. The second-order valence-corrected chi connectivity index (χ2v) is 15.4. The van der Waals surface area contributed by atoms with Crippen molar-refractivity contribution in [1.29, 1.82) is 0 Å². The number of benzene rings is 8. The number of hydrogen-bond acceptors (Lipinski definition) is 4. The van der Waals surface area contributed by atoms with E-state index in [1.807, 2.05) is 109 Å². The van der Waals surface area contributed by atoms with E-state index in [0.717, 1.165) is 94.8 Å². The number of nitrogens with zero attached hydrogens (tertiary/aromatic N) is 6. The number of para-hydroxylation sites is 1. The van der Waals surface area contributed by atoms with E-state index in [1.165, 1.54) is 0 Å². The first-order valence-corrected chi connectivity index (χ1v) is 20.8. The summed E-state index contributed by atoms with van der Waals surface area (Å²) >= 11 is 0. The minimum atomic E-state index is 0.587. The van der Waals surface area contributed by atoms with E-state index in [2.05, 4.69) is 119 Å². The van der Waals surface area contributed by atoms with Crippen LogP contribution >= 0.6 is 0 Å². The van der Waals surface area contributed by atoms with E-state index < -0.39 is 0 Å². The fourth-order valence-electron chi connectivity index (χ4n) is 8.36. The molecule has 0 atom stereocenters. The molecule has 0 aliphatic rings. The van der Waals surface area contributed by atoms with E-state index in [1.54, 1.807) is 0 Å². The van der Waals surface area contributed by atoms with Crippen molar-refractivity contribution in [2.75, 3.05) is 0 Å². The standard InChI is InChI=1S/C57H36N6/c1-58-45-30-26-38(27-31-45)43-28-32-47-46-24-14-15-25-53(46)63(55(47)35-43)54-33-29-44(52-37-49(39-16-6-2-7-17-39)59-56(60-52)42-22-12-5-13-23-42)34-48(54)57-61-50(40-18-8-3-9-19-40)36-51(62-57)41-20-10-4-11-21-41/h2-37H. The molecule has 11 rings (SSSR count). The van der Waals surface area contributed by atoms with Gasteiger partial charge in [-0.15, -0.1) is 0 Å². The Bertz CT molecular complexity index is 3370. The predicted molar refractivity (Wildman–Crippen MR) is 256 cm³/mol. The lowest BCUT2D eigenvalue weighted by Gasteiger charge is -2.17. The fourth-order valence-corrected chi connectivity index (χ4v) is 8.36. The van der Waals surface area contributed by atoms with Crippen molar-refractivity contribution in [3.05, 3.63) is 230 Å². The highest BCUT2D eigenvalue weighted by molar-refractivity contribution is 6.10. The average Bonchev–Trinajstić information content (AvgIpc) is 3.70. The van der Waals surface area contributed by atoms with Crippen LogP contribution in [-0.2, 0) is 0 Å². The fraction of sp³-hybridized carbons (Fsp3) is 0. The maximum atomic E-state index is 7.50. The molecule has 3 aromatic heterocycles. The Morgan fingerprint density at radius 1 is 0.333 bits per heavy atom. The summed E-state index contributed by atoms with van der Waals surface area (Å²) in [5.74, 6) is 1.23. The molecule has 0 bridgehead atoms. The Balaban J connectivity index is 1.20. The molecule has 0 aliphatic carbocycles. The molecule has 294 valence electrons. The van der Waals surface area contributed by atoms with Gasteiger partial charge < -0.3 is 4.57 Å². The first-order chi connectivity index (χ1) is 31.2. The summed E-state index contributed by atoms with van der Waals surface area (Å²) in [5.41, 5.74) is 14.7. The van der Waals surface area contributed by atoms with Gasteiger partial charge in [-0.05, 0) is 47.5 Å². The first kappa shape index (κ1) is 37.2. The van der Waals surface area contributed by atoms with Crippen molar-refractivity contribution in [2.24, 2.45) is 0 Å². The normalized spacial score (nSPS) is 11.2. The summed E-state index contributed by atoms with van der Waals surface area (Å²) in [4.78, 5) is 24.7. The predicted octanol–water partition coefficient (Wildman–Crippen LogP) is 14.6. The highest BCUT2D eigenvalue weighted by atomic mass is 15.0. The van der Waals surface area contributed by atoms with Crippen LogP contribution in [0, 0.1) is 6.57 Å². The van der Waals surface area contributed by atoms with Crippen molar-refractivity contribution in [1.82, 2.24) is 24.5 Å². The van der Waals surface area contributed by atoms with E-state index in [4.69, 9.17) is 26.5 Å². The summed E-state index contributed by atoms with van der Waals surface area (Å²) in [6.07, 6.45) is 0.